The van der Waals surface area contributed by atoms with Gasteiger partial charge in [-0.2, -0.15) is 0 Å². The third-order valence-electron chi connectivity index (χ3n) is 3.01. The summed E-state index contributed by atoms with van der Waals surface area (Å²) in [4.78, 5) is 7.39. The molecule has 0 aromatic carbocycles. The molecule has 3 nitrogen and oxygen atoms in total. The number of thiophene rings is 1. The summed E-state index contributed by atoms with van der Waals surface area (Å²) in [6.45, 7) is 5.00. The second-order valence-electron chi connectivity index (χ2n) is 4.69. The maximum atomic E-state index is 5.91. The van der Waals surface area contributed by atoms with Crippen LogP contribution in [0.25, 0.3) is 0 Å². The van der Waals surface area contributed by atoms with Crippen LogP contribution in [0.1, 0.15) is 22.7 Å². The van der Waals surface area contributed by atoms with Gasteiger partial charge >= 0.3 is 0 Å². The van der Waals surface area contributed by atoms with Gasteiger partial charge in [-0.15, -0.1) is 11.3 Å². The fourth-order valence-corrected chi connectivity index (χ4v) is 2.92. The predicted octanol–water partition coefficient (Wildman–Crippen LogP) is 1.80. The maximum absolute atomic E-state index is 5.91. The molecule has 0 aliphatic carbocycles. The summed E-state index contributed by atoms with van der Waals surface area (Å²) in [5.41, 5.74) is 5.91. The lowest BCUT2D eigenvalue weighted by atomic mass is 10.2. The molecule has 1 rings (SSSR count). The van der Waals surface area contributed by atoms with Gasteiger partial charge in [0.05, 0.1) is 6.04 Å². The van der Waals surface area contributed by atoms with Gasteiger partial charge in [0.2, 0.25) is 0 Å². The second-order valence-corrected chi connectivity index (χ2v) is 5.89. The molecule has 0 aliphatic rings. The first-order chi connectivity index (χ1) is 8.08. The summed E-state index contributed by atoms with van der Waals surface area (Å²) in [5, 5.41) is 0. The first-order valence-electron chi connectivity index (χ1n) is 6.22. The minimum absolute atomic E-state index is 0.361. The molecule has 1 aromatic rings. The molecule has 1 aromatic heterocycles. The van der Waals surface area contributed by atoms with Gasteiger partial charge in [0.1, 0.15) is 0 Å². The molecule has 0 saturated heterocycles. The van der Waals surface area contributed by atoms with Crippen molar-refractivity contribution in [2.75, 3.05) is 40.8 Å². The summed E-state index contributed by atoms with van der Waals surface area (Å²) in [6, 6.07) is 4.82. The summed E-state index contributed by atoms with van der Waals surface area (Å²) >= 11 is 1.89. The van der Waals surface area contributed by atoms with E-state index in [0.29, 0.717) is 12.6 Å². The molecule has 17 heavy (non-hydrogen) atoms. The van der Waals surface area contributed by atoms with Gasteiger partial charge in [0.15, 0.2) is 0 Å². The zero-order valence-corrected chi connectivity index (χ0v) is 12.3. The minimum Gasteiger partial charge on any atom is -0.329 e. The predicted molar refractivity (Wildman–Crippen MR) is 76.7 cm³/mol. The fourth-order valence-electron chi connectivity index (χ4n) is 1.79. The molecule has 0 spiro atoms. The largest absolute Gasteiger partial charge is 0.329 e. The molecule has 0 aliphatic heterocycles. The zero-order valence-electron chi connectivity index (χ0n) is 11.4. The van der Waals surface area contributed by atoms with Crippen LogP contribution < -0.4 is 5.73 Å². The Bertz CT molecular complexity index is 322. The fraction of sp³-hybridized carbons (Fsp3) is 0.692. The molecule has 0 bridgehead atoms. The van der Waals surface area contributed by atoms with Crippen molar-refractivity contribution in [1.82, 2.24) is 9.80 Å². The van der Waals surface area contributed by atoms with Crippen molar-refractivity contribution < 1.29 is 0 Å². The van der Waals surface area contributed by atoms with Gasteiger partial charge < -0.3 is 10.6 Å². The van der Waals surface area contributed by atoms with Gasteiger partial charge in [-0.1, -0.05) is 6.92 Å². The first-order valence-corrected chi connectivity index (χ1v) is 7.03. The highest BCUT2D eigenvalue weighted by atomic mass is 32.1. The minimum atomic E-state index is 0.361. The number of hydrogen-bond acceptors (Lipinski definition) is 4. The van der Waals surface area contributed by atoms with E-state index in [0.717, 1.165) is 19.5 Å². The van der Waals surface area contributed by atoms with E-state index in [2.05, 4.69) is 50.0 Å². The van der Waals surface area contributed by atoms with Crippen molar-refractivity contribution in [1.29, 1.82) is 0 Å². The lowest BCUT2D eigenvalue weighted by Crippen LogP contribution is -2.35. The summed E-state index contributed by atoms with van der Waals surface area (Å²) in [5.74, 6) is 0. The lowest BCUT2D eigenvalue weighted by molar-refractivity contribution is 0.225. The van der Waals surface area contributed by atoms with E-state index in [1.54, 1.807) is 0 Å². The van der Waals surface area contributed by atoms with Crippen LogP contribution in [0.4, 0.5) is 0 Å². The quantitative estimate of drug-likeness (QED) is 0.806. The number of hydrogen-bond donors (Lipinski definition) is 1. The van der Waals surface area contributed by atoms with E-state index in [1.165, 1.54) is 9.75 Å². The highest BCUT2D eigenvalue weighted by Crippen LogP contribution is 2.26. The third-order valence-corrected chi connectivity index (χ3v) is 4.35. The number of nitrogens with two attached hydrogens (primary N) is 1. The standard InChI is InChI=1S/C13H25N3S/c1-5-11-6-7-13(17-11)12(10-14)16(4)9-8-15(2)3/h6-7,12H,5,8-10,14H2,1-4H3. The Morgan fingerprint density at radius 1 is 1.24 bits per heavy atom. The number of rotatable bonds is 7. The van der Waals surface area contributed by atoms with Crippen molar-refractivity contribution in [2.24, 2.45) is 5.73 Å². The normalized spacial score (nSPS) is 13.6. The zero-order chi connectivity index (χ0) is 12.8. The van der Waals surface area contributed by atoms with Gasteiger partial charge in [-0.3, -0.25) is 4.90 Å². The summed E-state index contributed by atoms with van der Waals surface area (Å²) < 4.78 is 0. The van der Waals surface area contributed by atoms with Gasteiger partial charge in [0, 0.05) is 29.4 Å². The SMILES string of the molecule is CCc1ccc(C(CN)N(C)CCN(C)C)s1. The van der Waals surface area contributed by atoms with Crippen molar-refractivity contribution in [3.8, 4) is 0 Å². The van der Waals surface area contributed by atoms with Crippen LogP contribution in [-0.2, 0) is 6.42 Å². The Morgan fingerprint density at radius 3 is 2.41 bits per heavy atom. The molecule has 0 saturated carbocycles. The van der Waals surface area contributed by atoms with E-state index >= 15 is 0 Å². The number of likely N-dealkylation sites (N-methyl/N-ethyl adjacent to an activating group) is 2. The third kappa shape index (κ3) is 4.39. The topological polar surface area (TPSA) is 32.5 Å². The van der Waals surface area contributed by atoms with Crippen molar-refractivity contribution in [2.45, 2.75) is 19.4 Å². The van der Waals surface area contributed by atoms with Crippen LogP contribution in [-0.4, -0.2) is 50.6 Å². The van der Waals surface area contributed by atoms with E-state index < -0.39 is 0 Å². The second kappa shape index (κ2) is 7.11. The Hall–Kier alpha value is -0.420. The molecule has 1 heterocycles. The van der Waals surface area contributed by atoms with Gasteiger partial charge in [-0.05, 0) is 39.7 Å². The molecule has 2 N–H and O–H groups in total. The van der Waals surface area contributed by atoms with Crippen molar-refractivity contribution in [3.05, 3.63) is 21.9 Å². The Kier molecular flexibility index (Phi) is 6.12. The molecule has 0 fully saturated rings. The Balaban J connectivity index is 2.63. The monoisotopic (exact) mass is 255 g/mol. The van der Waals surface area contributed by atoms with Crippen LogP contribution in [0.15, 0.2) is 12.1 Å². The smallest absolute Gasteiger partial charge is 0.0562 e. The Morgan fingerprint density at radius 2 is 1.94 bits per heavy atom. The molecule has 0 amide bonds. The number of nitrogens with zero attached hydrogens (tertiary/aromatic N) is 2. The Labute approximate surface area is 109 Å². The van der Waals surface area contributed by atoms with Crippen LogP contribution >= 0.6 is 11.3 Å². The average Bonchev–Trinajstić information content (AvgIpc) is 2.76. The maximum Gasteiger partial charge on any atom is 0.0562 e. The summed E-state index contributed by atoms with van der Waals surface area (Å²) in [7, 11) is 6.36. The van der Waals surface area contributed by atoms with E-state index in [9.17, 15) is 0 Å². The van der Waals surface area contributed by atoms with E-state index in [-0.39, 0.29) is 0 Å². The van der Waals surface area contributed by atoms with Crippen LogP contribution in [0.2, 0.25) is 0 Å². The lowest BCUT2D eigenvalue weighted by Gasteiger charge is -2.27. The van der Waals surface area contributed by atoms with Crippen LogP contribution in [0, 0.1) is 0 Å². The van der Waals surface area contributed by atoms with E-state index in [1.807, 2.05) is 11.3 Å². The highest BCUT2D eigenvalue weighted by Gasteiger charge is 2.17. The molecule has 0 radical (unpaired) electrons. The number of aryl methyl sites for hydroxylation is 1. The first kappa shape index (κ1) is 14.6. The van der Waals surface area contributed by atoms with Gasteiger partial charge in [-0.25, -0.2) is 0 Å². The van der Waals surface area contributed by atoms with Gasteiger partial charge in [0.25, 0.3) is 0 Å². The molecule has 4 heteroatoms. The van der Waals surface area contributed by atoms with Crippen molar-refractivity contribution in [3.63, 3.8) is 0 Å². The average molecular weight is 255 g/mol. The highest BCUT2D eigenvalue weighted by molar-refractivity contribution is 7.12. The molecular weight excluding hydrogens is 230 g/mol. The molecule has 98 valence electrons. The van der Waals surface area contributed by atoms with E-state index in [4.69, 9.17) is 5.73 Å². The summed E-state index contributed by atoms with van der Waals surface area (Å²) in [6.07, 6.45) is 1.11. The molecule has 1 atom stereocenters. The van der Waals surface area contributed by atoms with Crippen LogP contribution in [0.3, 0.4) is 0 Å². The van der Waals surface area contributed by atoms with Crippen molar-refractivity contribution >= 4 is 11.3 Å². The molecule has 1 unspecified atom stereocenters. The van der Waals surface area contributed by atoms with Crippen LogP contribution in [0.5, 0.6) is 0 Å². The molecular formula is C13H25N3S.